The van der Waals surface area contributed by atoms with Gasteiger partial charge in [0.25, 0.3) is 5.91 Å². The lowest BCUT2D eigenvalue weighted by molar-refractivity contribution is 0.0154. The van der Waals surface area contributed by atoms with Gasteiger partial charge in [-0.25, -0.2) is 0 Å². The summed E-state index contributed by atoms with van der Waals surface area (Å²) in [5.74, 6) is 0.610. The Hall–Kier alpha value is -0.580. The molecule has 1 aliphatic rings. The molecule has 5 heteroatoms. The average Bonchev–Trinajstić information content (AvgIpc) is 2.45. The largest absolute Gasteiger partial charge is 0.377 e. The zero-order chi connectivity index (χ0) is 13.7. The van der Waals surface area contributed by atoms with E-state index in [0.29, 0.717) is 12.5 Å². The standard InChI is InChI=1S/C14H17BrClNO2/c15-13-4-2-1-3-12(13)14(18)17-8-5-11(6-9-17)19-10-7-16/h1-4,11H,5-10H2. The number of alkyl halides is 1. The van der Waals surface area contributed by atoms with Gasteiger partial charge in [0.2, 0.25) is 0 Å². The maximum absolute atomic E-state index is 12.4. The van der Waals surface area contributed by atoms with Gasteiger partial charge >= 0.3 is 0 Å². The number of rotatable bonds is 4. The number of hydrogen-bond donors (Lipinski definition) is 0. The van der Waals surface area contributed by atoms with Gasteiger partial charge in [0.05, 0.1) is 18.3 Å². The SMILES string of the molecule is O=C(c1ccccc1Br)N1CCC(OCCCl)CC1. The first-order chi connectivity index (χ1) is 9.22. The molecular weight excluding hydrogens is 330 g/mol. The Kier molecular flexibility index (Phi) is 5.67. The number of likely N-dealkylation sites (tertiary alicyclic amines) is 1. The molecule has 0 saturated carbocycles. The van der Waals surface area contributed by atoms with Crippen molar-refractivity contribution >= 4 is 33.4 Å². The van der Waals surface area contributed by atoms with E-state index in [4.69, 9.17) is 16.3 Å². The highest BCUT2D eigenvalue weighted by atomic mass is 79.9. The molecule has 1 amide bonds. The van der Waals surface area contributed by atoms with Gasteiger partial charge in [-0.1, -0.05) is 12.1 Å². The molecule has 3 nitrogen and oxygen atoms in total. The van der Waals surface area contributed by atoms with E-state index in [9.17, 15) is 4.79 Å². The molecule has 1 aliphatic heterocycles. The third kappa shape index (κ3) is 3.94. The van der Waals surface area contributed by atoms with Crippen LogP contribution in [0.15, 0.2) is 28.7 Å². The van der Waals surface area contributed by atoms with Gasteiger partial charge in [-0.15, -0.1) is 11.6 Å². The maximum atomic E-state index is 12.4. The quantitative estimate of drug-likeness (QED) is 0.783. The van der Waals surface area contributed by atoms with E-state index in [1.165, 1.54) is 0 Å². The topological polar surface area (TPSA) is 29.5 Å². The minimum atomic E-state index is 0.0864. The Morgan fingerprint density at radius 3 is 2.68 bits per heavy atom. The summed E-state index contributed by atoms with van der Waals surface area (Å²) >= 11 is 9.03. The monoisotopic (exact) mass is 345 g/mol. The molecular formula is C14H17BrClNO2. The molecule has 1 fully saturated rings. The summed E-state index contributed by atoms with van der Waals surface area (Å²) in [7, 11) is 0. The number of piperidine rings is 1. The van der Waals surface area contributed by atoms with Crippen LogP contribution in [0.25, 0.3) is 0 Å². The van der Waals surface area contributed by atoms with E-state index in [2.05, 4.69) is 15.9 Å². The maximum Gasteiger partial charge on any atom is 0.255 e. The average molecular weight is 347 g/mol. The van der Waals surface area contributed by atoms with Crippen LogP contribution in [0.3, 0.4) is 0 Å². The lowest BCUT2D eigenvalue weighted by Crippen LogP contribution is -2.41. The van der Waals surface area contributed by atoms with Crippen LogP contribution >= 0.6 is 27.5 Å². The van der Waals surface area contributed by atoms with Crippen LogP contribution in [-0.2, 0) is 4.74 Å². The van der Waals surface area contributed by atoms with Crippen molar-refractivity contribution in [1.29, 1.82) is 0 Å². The van der Waals surface area contributed by atoms with Crippen LogP contribution in [0.5, 0.6) is 0 Å². The third-order valence-corrected chi connectivity index (χ3v) is 4.11. The van der Waals surface area contributed by atoms with Gasteiger partial charge in [0.15, 0.2) is 0 Å². The van der Waals surface area contributed by atoms with Gasteiger partial charge < -0.3 is 9.64 Å². The molecule has 1 aromatic rings. The second-order valence-corrected chi connectivity index (χ2v) is 5.76. The number of carbonyl (C=O) groups is 1. The number of amides is 1. The Bertz CT molecular complexity index is 433. The smallest absolute Gasteiger partial charge is 0.255 e. The summed E-state index contributed by atoms with van der Waals surface area (Å²) < 4.78 is 6.46. The molecule has 104 valence electrons. The number of ether oxygens (including phenoxy) is 1. The van der Waals surface area contributed by atoms with Crippen molar-refractivity contribution in [1.82, 2.24) is 4.90 Å². The van der Waals surface area contributed by atoms with Crippen molar-refractivity contribution < 1.29 is 9.53 Å². The zero-order valence-electron chi connectivity index (χ0n) is 10.6. The van der Waals surface area contributed by atoms with Crippen LogP contribution in [0.1, 0.15) is 23.2 Å². The first-order valence-corrected chi connectivity index (χ1v) is 7.76. The van der Waals surface area contributed by atoms with E-state index in [0.717, 1.165) is 36.0 Å². The summed E-state index contributed by atoms with van der Waals surface area (Å²) in [6.45, 7) is 2.07. The van der Waals surface area contributed by atoms with Crippen LogP contribution in [-0.4, -0.2) is 42.5 Å². The second-order valence-electron chi connectivity index (χ2n) is 4.53. The lowest BCUT2D eigenvalue weighted by atomic mass is 10.1. The Morgan fingerprint density at radius 2 is 2.05 bits per heavy atom. The van der Waals surface area contributed by atoms with Crippen LogP contribution < -0.4 is 0 Å². The minimum Gasteiger partial charge on any atom is -0.377 e. The van der Waals surface area contributed by atoms with Gasteiger partial charge in [-0.2, -0.15) is 0 Å². The minimum absolute atomic E-state index is 0.0864. The van der Waals surface area contributed by atoms with Crippen molar-refractivity contribution in [2.24, 2.45) is 0 Å². The highest BCUT2D eigenvalue weighted by Gasteiger charge is 2.24. The summed E-state index contributed by atoms with van der Waals surface area (Å²) in [5, 5.41) is 0. The van der Waals surface area contributed by atoms with Gasteiger partial charge in [0, 0.05) is 23.4 Å². The van der Waals surface area contributed by atoms with E-state index >= 15 is 0 Å². The highest BCUT2D eigenvalue weighted by molar-refractivity contribution is 9.10. The molecule has 0 N–H and O–H groups in total. The highest BCUT2D eigenvalue weighted by Crippen LogP contribution is 2.21. The van der Waals surface area contributed by atoms with Crippen molar-refractivity contribution in [2.45, 2.75) is 18.9 Å². The van der Waals surface area contributed by atoms with Crippen LogP contribution in [0.4, 0.5) is 0 Å². The summed E-state index contributed by atoms with van der Waals surface area (Å²) in [5.41, 5.74) is 0.725. The molecule has 2 rings (SSSR count). The second kappa shape index (κ2) is 7.27. The van der Waals surface area contributed by atoms with Gasteiger partial charge in [-0.05, 0) is 40.9 Å². The first-order valence-electron chi connectivity index (χ1n) is 6.43. The molecule has 0 radical (unpaired) electrons. The van der Waals surface area contributed by atoms with Crippen molar-refractivity contribution in [3.05, 3.63) is 34.3 Å². The van der Waals surface area contributed by atoms with Crippen molar-refractivity contribution in [3.8, 4) is 0 Å². The number of halogens is 2. The molecule has 0 bridgehead atoms. The Labute approximate surface area is 127 Å². The molecule has 19 heavy (non-hydrogen) atoms. The number of nitrogens with zero attached hydrogens (tertiary/aromatic N) is 1. The van der Waals surface area contributed by atoms with E-state index in [1.54, 1.807) is 0 Å². The van der Waals surface area contributed by atoms with Crippen LogP contribution in [0, 0.1) is 0 Å². The summed E-state index contributed by atoms with van der Waals surface area (Å²) in [6, 6.07) is 7.54. The fraction of sp³-hybridized carbons (Fsp3) is 0.500. The molecule has 0 aromatic heterocycles. The Morgan fingerprint density at radius 1 is 1.37 bits per heavy atom. The summed E-state index contributed by atoms with van der Waals surface area (Å²) in [6.07, 6.45) is 2.00. The zero-order valence-corrected chi connectivity index (χ0v) is 13.0. The molecule has 0 atom stereocenters. The Balaban J connectivity index is 1.91. The predicted molar refractivity (Wildman–Crippen MR) is 79.7 cm³/mol. The van der Waals surface area contributed by atoms with Gasteiger partial charge in [0.1, 0.15) is 0 Å². The van der Waals surface area contributed by atoms with Crippen molar-refractivity contribution in [2.75, 3.05) is 25.6 Å². The summed E-state index contributed by atoms with van der Waals surface area (Å²) in [4.78, 5) is 14.3. The van der Waals surface area contributed by atoms with E-state index in [-0.39, 0.29) is 12.0 Å². The normalized spacial score (nSPS) is 16.6. The predicted octanol–water partition coefficient (Wildman–Crippen LogP) is 3.31. The molecule has 1 heterocycles. The van der Waals surface area contributed by atoms with Gasteiger partial charge in [-0.3, -0.25) is 4.79 Å². The van der Waals surface area contributed by atoms with E-state index < -0.39 is 0 Å². The molecule has 0 spiro atoms. The first kappa shape index (κ1) is 14.8. The number of benzene rings is 1. The number of hydrogen-bond acceptors (Lipinski definition) is 2. The fourth-order valence-corrected chi connectivity index (χ4v) is 2.79. The third-order valence-electron chi connectivity index (χ3n) is 3.26. The van der Waals surface area contributed by atoms with E-state index in [1.807, 2.05) is 29.2 Å². The molecule has 1 saturated heterocycles. The molecule has 0 aliphatic carbocycles. The van der Waals surface area contributed by atoms with Crippen LogP contribution in [0.2, 0.25) is 0 Å². The number of carbonyl (C=O) groups excluding carboxylic acids is 1. The molecule has 0 unspecified atom stereocenters. The fourth-order valence-electron chi connectivity index (χ4n) is 2.24. The molecule has 1 aromatic carbocycles. The van der Waals surface area contributed by atoms with Crippen molar-refractivity contribution in [3.63, 3.8) is 0 Å². The lowest BCUT2D eigenvalue weighted by Gasteiger charge is -2.32.